The molecule has 0 spiro atoms. The second kappa shape index (κ2) is 7.83. The largest absolute Gasteiger partial charge is 0.497 e. The molecule has 2 heterocycles. The zero-order valence-corrected chi connectivity index (χ0v) is 17.8. The first-order valence-electron chi connectivity index (χ1n) is 9.87. The fourth-order valence-corrected chi connectivity index (χ4v) is 3.17. The number of fused-ring (bicyclic) bond motifs is 1. The van der Waals surface area contributed by atoms with Crippen LogP contribution in [0.5, 0.6) is 5.75 Å². The lowest BCUT2D eigenvalue weighted by atomic mass is 9.93. The van der Waals surface area contributed by atoms with Crippen molar-refractivity contribution in [1.29, 1.82) is 0 Å². The van der Waals surface area contributed by atoms with Crippen LogP contribution < -0.4 is 10.1 Å². The molecule has 0 aliphatic carbocycles. The minimum Gasteiger partial charge on any atom is -0.497 e. The van der Waals surface area contributed by atoms with E-state index < -0.39 is 5.91 Å². The summed E-state index contributed by atoms with van der Waals surface area (Å²) in [5.74, 6) is -0.0634. The number of rotatable bonds is 4. The van der Waals surface area contributed by atoms with E-state index in [-0.39, 0.29) is 16.9 Å². The minimum absolute atomic E-state index is 0.185. The van der Waals surface area contributed by atoms with Crippen molar-refractivity contribution in [2.45, 2.75) is 26.2 Å². The summed E-state index contributed by atoms with van der Waals surface area (Å²) in [4.78, 5) is 17.5. The van der Waals surface area contributed by atoms with Crippen molar-refractivity contribution >= 4 is 17.2 Å². The summed E-state index contributed by atoms with van der Waals surface area (Å²) in [5, 5.41) is 7.52. The second-order valence-corrected chi connectivity index (χ2v) is 8.27. The van der Waals surface area contributed by atoms with Crippen LogP contribution in [0.3, 0.4) is 0 Å². The molecule has 0 aliphatic heterocycles. The van der Waals surface area contributed by atoms with E-state index in [0.717, 1.165) is 11.3 Å². The Morgan fingerprint density at radius 2 is 1.81 bits per heavy atom. The van der Waals surface area contributed by atoms with Crippen LogP contribution in [0.15, 0.2) is 60.7 Å². The number of benzene rings is 2. The molecule has 0 atom stereocenters. The predicted molar refractivity (Wildman–Crippen MR) is 118 cm³/mol. The van der Waals surface area contributed by atoms with E-state index in [1.807, 2.05) is 30.3 Å². The number of ether oxygens (including phenoxy) is 1. The van der Waals surface area contributed by atoms with E-state index in [4.69, 9.17) is 9.84 Å². The highest BCUT2D eigenvalue weighted by Crippen LogP contribution is 2.28. The van der Waals surface area contributed by atoms with Crippen LogP contribution >= 0.6 is 0 Å². The summed E-state index contributed by atoms with van der Waals surface area (Å²) in [6.07, 6.45) is 0. The molecular formula is C24H23FN4O2. The van der Waals surface area contributed by atoms with Crippen LogP contribution in [0.4, 0.5) is 10.1 Å². The number of carbonyl (C=O) groups excluding carboxylic acids is 1. The smallest absolute Gasteiger partial charge is 0.274 e. The minimum atomic E-state index is -0.392. The number of carbonyl (C=O) groups is 1. The van der Waals surface area contributed by atoms with Gasteiger partial charge in [0.05, 0.1) is 18.5 Å². The molecule has 0 radical (unpaired) electrons. The Hall–Kier alpha value is -3.74. The van der Waals surface area contributed by atoms with Gasteiger partial charge in [0.2, 0.25) is 0 Å². The quantitative estimate of drug-likeness (QED) is 0.501. The van der Waals surface area contributed by atoms with Gasteiger partial charge in [-0.3, -0.25) is 4.79 Å². The molecule has 0 aliphatic rings. The van der Waals surface area contributed by atoms with Crippen LogP contribution in [-0.2, 0) is 5.41 Å². The number of hydrogen-bond donors (Lipinski definition) is 1. The molecule has 6 nitrogen and oxygen atoms in total. The Labute approximate surface area is 179 Å². The van der Waals surface area contributed by atoms with Gasteiger partial charge >= 0.3 is 0 Å². The van der Waals surface area contributed by atoms with Crippen molar-refractivity contribution in [2.24, 2.45) is 0 Å². The zero-order chi connectivity index (χ0) is 22.2. The van der Waals surface area contributed by atoms with Crippen LogP contribution in [0, 0.1) is 5.82 Å². The van der Waals surface area contributed by atoms with Crippen molar-refractivity contribution in [3.05, 3.63) is 77.9 Å². The zero-order valence-electron chi connectivity index (χ0n) is 17.8. The van der Waals surface area contributed by atoms with Crippen molar-refractivity contribution in [3.8, 4) is 17.0 Å². The lowest BCUT2D eigenvalue weighted by molar-refractivity contribution is 0.102. The molecule has 31 heavy (non-hydrogen) atoms. The summed E-state index contributed by atoms with van der Waals surface area (Å²) >= 11 is 0. The maximum atomic E-state index is 13.2. The molecule has 1 N–H and O–H groups in total. The SMILES string of the molecule is COc1cccc(-c2cc(C(=O)Nc3ccc(F)cc3)nc3cc(C(C)(C)C)nn23)c1. The van der Waals surface area contributed by atoms with Gasteiger partial charge in [0.25, 0.3) is 5.91 Å². The molecule has 4 rings (SSSR count). The number of halogens is 1. The highest BCUT2D eigenvalue weighted by Gasteiger charge is 2.21. The highest BCUT2D eigenvalue weighted by atomic mass is 19.1. The summed E-state index contributed by atoms with van der Waals surface area (Å²) in [5.41, 5.74) is 3.51. The van der Waals surface area contributed by atoms with Crippen LogP contribution in [0.2, 0.25) is 0 Å². The topological polar surface area (TPSA) is 68.5 Å². The number of methoxy groups -OCH3 is 1. The molecule has 0 unspecified atom stereocenters. The molecule has 0 bridgehead atoms. The van der Waals surface area contributed by atoms with E-state index >= 15 is 0 Å². The first-order chi connectivity index (χ1) is 14.7. The third-order valence-electron chi connectivity index (χ3n) is 4.90. The molecule has 4 aromatic rings. The van der Waals surface area contributed by atoms with Gasteiger partial charge in [-0.2, -0.15) is 5.10 Å². The predicted octanol–water partition coefficient (Wildman–Crippen LogP) is 5.09. The summed E-state index contributed by atoms with van der Waals surface area (Å²) in [6.45, 7) is 6.21. The molecule has 158 valence electrons. The first-order valence-corrected chi connectivity index (χ1v) is 9.87. The summed E-state index contributed by atoms with van der Waals surface area (Å²) in [6, 6.07) is 16.7. The molecule has 2 aromatic carbocycles. The normalized spacial score (nSPS) is 11.5. The van der Waals surface area contributed by atoms with Crippen LogP contribution in [-0.4, -0.2) is 27.6 Å². The maximum Gasteiger partial charge on any atom is 0.274 e. The number of amides is 1. The molecule has 0 fully saturated rings. The van der Waals surface area contributed by atoms with E-state index in [9.17, 15) is 9.18 Å². The third kappa shape index (κ3) is 4.26. The fraction of sp³-hybridized carbons (Fsp3) is 0.208. The average molecular weight is 418 g/mol. The number of nitrogens with one attached hydrogen (secondary N) is 1. The molecule has 7 heteroatoms. The van der Waals surface area contributed by atoms with Gasteiger partial charge < -0.3 is 10.1 Å². The van der Waals surface area contributed by atoms with Crippen molar-refractivity contribution in [2.75, 3.05) is 12.4 Å². The van der Waals surface area contributed by atoms with Gasteiger partial charge in [-0.1, -0.05) is 32.9 Å². The Bertz CT molecular complexity index is 1260. The number of nitrogens with zero attached hydrogens (tertiary/aromatic N) is 3. The Morgan fingerprint density at radius 3 is 2.48 bits per heavy atom. The Kier molecular flexibility index (Phi) is 5.19. The van der Waals surface area contributed by atoms with E-state index in [1.54, 1.807) is 17.7 Å². The summed E-state index contributed by atoms with van der Waals surface area (Å²) < 4.78 is 20.3. The number of aromatic nitrogens is 3. The number of anilines is 1. The van der Waals surface area contributed by atoms with Crippen molar-refractivity contribution in [3.63, 3.8) is 0 Å². The second-order valence-electron chi connectivity index (χ2n) is 8.27. The monoisotopic (exact) mass is 418 g/mol. The average Bonchev–Trinajstić information content (AvgIpc) is 3.19. The third-order valence-corrected chi connectivity index (χ3v) is 4.90. The Balaban J connectivity index is 1.84. The summed E-state index contributed by atoms with van der Waals surface area (Å²) in [7, 11) is 1.61. The van der Waals surface area contributed by atoms with Gasteiger partial charge in [-0.15, -0.1) is 0 Å². The lowest BCUT2D eigenvalue weighted by Gasteiger charge is -2.14. The van der Waals surface area contributed by atoms with Gasteiger partial charge in [-0.25, -0.2) is 13.9 Å². The lowest BCUT2D eigenvalue weighted by Crippen LogP contribution is -2.15. The van der Waals surface area contributed by atoms with Gasteiger partial charge in [0.15, 0.2) is 5.65 Å². The van der Waals surface area contributed by atoms with E-state index in [1.165, 1.54) is 24.3 Å². The van der Waals surface area contributed by atoms with Crippen LogP contribution in [0.25, 0.3) is 16.9 Å². The maximum absolute atomic E-state index is 13.2. The highest BCUT2D eigenvalue weighted by molar-refractivity contribution is 6.03. The van der Waals surface area contributed by atoms with Crippen molar-refractivity contribution < 1.29 is 13.9 Å². The van der Waals surface area contributed by atoms with Crippen molar-refractivity contribution in [1.82, 2.24) is 14.6 Å². The number of hydrogen-bond acceptors (Lipinski definition) is 4. The van der Waals surface area contributed by atoms with Crippen LogP contribution in [0.1, 0.15) is 37.0 Å². The molecular weight excluding hydrogens is 395 g/mol. The molecule has 1 amide bonds. The fourth-order valence-electron chi connectivity index (χ4n) is 3.17. The molecule has 0 saturated carbocycles. The van der Waals surface area contributed by atoms with Gasteiger partial charge in [-0.05, 0) is 42.5 Å². The standard InChI is InChI=1S/C24H23FN4O2/c1-24(2,3)21-14-22-27-19(23(30)26-17-10-8-16(25)9-11-17)13-20(29(22)28-21)15-6-5-7-18(12-15)31-4/h5-14H,1-4H3,(H,26,30). The molecule has 2 aromatic heterocycles. The van der Waals surface area contributed by atoms with Gasteiger partial charge in [0, 0.05) is 22.7 Å². The first kappa shape index (κ1) is 20.5. The van der Waals surface area contributed by atoms with E-state index in [0.29, 0.717) is 22.8 Å². The van der Waals surface area contributed by atoms with Gasteiger partial charge in [0.1, 0.15) is 17.3 Å². The molecule has 0 saturated heterocycles. The Morgan fingerprint density at radius 1 is 1.06 bits per heavy atom. The van der Waals surface area contributed by atoms with E-state index in [2.05, 4.69) is 31.1 Å².